The van der Waals surface area contributed by atoms with Gasteiger partial charge in [0.2, 0.25) is 0 Å². The number of halogens is 2. The molecule has 1 aromatic rings. The molecule has 0 unspecified atom stereocenters. The highest BCUT2D eigenvalue weighted by molar-refractivity contribution is 6.31. The normalized spacial score (nSPS) is 10.8. The van der Waals surface area contributed by atoms with Gasteiger partial charge in [-0.2, -0.15) is 0 Å². The van der Waals surface area contributed by atoms with Crippen LogP contribution in [0.1, 0.15) is 30.9 Å². The van der Waals surface area contributed by atoms with Gasteiger partial charge < -0.3 is 0 Å². The van der Waals surface area contributed by atoms with E-state index in [0.717, 1.165) is 5.56 Å². The quantitative estimate of drug-likeness (QED) is 0.657. The second-order valence-corrected chi connectivity index (χ2v) is 3.55. The molecular formula is C10H12ClF. The van der Waals surface area contributed by atoms with E-state index in [4.69, 9.17) is 11.6 Å². The molecule has 0 bridgehead atoms. The highest BCUT2D eigenvalue weighted by atomic mass is 35.5. The molecule has 0 amide bonds. The van der Waals surface area contributed by atoms with Crippen LogP contribution in [0.5, 0.6) is 0 Å². The fraction of sp³-hybridized carbons (Fsp3) is 0.400. The van der Waals surface area contributed by atoms with Gasteiger partial charge in [-0.1, -0.05) is 37.6 Å². The predicted molar refractivity (Wildman–Crippen MR) is 50.4 cm³/mol. The van der Waals surface area contributed by atoms with Crippen LogP contribution in [0.4, 0.5) is 4.39 Å². The maximum absolute atomic E-state index is 12.2. The molecule has 0 N–H and O–H groups in total. The largest absolute Gasteiger partial charge is 0.246 e. The number of hydrogen-bond donors (Lipinski definition) is 0. The number of alkyl halides is 1. The zero-order chi connectivity index (χ0) is 9.14. The van der Waals surface area contributed by atoms with Gasteiger partial charge in [-0.25, -0.2) is 4.39 Å². The Morgan fingerprint density at radius 1 is 1.42 bits per heavy atom. The average Bonchev–Trinajstić information content (AvgIpc) is 2.03. The van der Waals surface area contributed by atoms with Gasteiger partial charge in [0, 0.05) is 5.02 Å². The second kappa shape index (κ2) is 3.90. The van der Waals surface area contributed by atoms with Crippen molar-refractivity contribution in [2.45, 2.75) is 26.4 Å². The van der Waals surface area contributed by atoms with E-state index in [1.165, 1.54) is 0 Å². The minimum atomic E-state index is -0.446. The van der Waals surface area contributed by atoms with Crippen molar-refractivity contribution in [3.05, 3.63) is 34.3 Å². The Labute approximate surface area is 77.4 Å². The van der Waals surface area contributed by atoms with Crippen molar-refractivity contribution in [2.75, 3.05) is 0 Å². The minimum absolute atomic E-state index is 0.395. The van der Waals surface area contributed by atoms with Crippen molar-refractivity contribution < 1.29 is 4.39 Å². The molecular weight excluding hydrogens is 175 g/mol. The molecule has 0 aliphatic carbocycles. The smallest absolute Gasteiger partial charge is 0.115 e. The maximum atomic E-state index is 12.2. The van der Waals surface area contributed by atoms with Crippen molar-refractivity contribution >= 4 is 11.6 Å². The van der Waals surface area contributed by atoms with Crippen LogP contribution in [0, 0.1) is 0 Å². The summed E-state index contributed by atoms with van der Waals surface area (Å²) in [4.78, 5) is 0. The van der Waals surface area contributed by atoms with Gasteiger partial charge in [0.25, 0.3) is 0 Å². The topological polar surface area (TPSA) is 0 Å². The van der Waals surface area contributed by atoms with Crippen LogP contribution in [-0.2, 0) is 6.67 Å². The van der Waals surface area contributed by atoms with Crippen molar-refractivity contribution in [3.63, 3.8) is 0 Å². The molecule has 0 aliphatic rings. The lowest BCUT2D eigenvalue weighted by Gasteiger charge is -2.08. The molecule has 12 heavy (non-hydrogen) atoms. The summed E-state index contributed by atoms with van der Waals surface area (Å²) in [5.74, 6) is 0.395. The van der Waals surface area contributed by atoms with Crippen molar-refractivity contribution in [1.29, 1.82) is 0 Å². The van der Waals surface area contributed by atoms with E-state index in [9.17, 15) is 4.39 Å². The Bertz CT molecular complexity index is 269. The fourth-order valence-corrected chi connectivity index (χ4v) is 1.54. The average molecular weight is 187 g/mol. The Morgan fingerprint density at radius 3 is 2.50 bits per heavy atom. The molecule has 0 saturated carbocycles. The van der Waals surface area contributed by atoms with Gasteiger partial charge >= 0.3 is 0 Å². The summed E-state index contributed by atoms with van der Waals surface area (Å²) < 4.78 is 12.2. The molecule has 0 radical (unpaired) electrons. The molecule has 0 fully saturated rings. The van der Waals surface area contributed by atoms with Crippen molar-refractivity contribution in [2.24, 2.45) is 0 Å². The second-order valence-electron chi connectivity index (χ2n) is 3.14. The first-order chi connectivity index (χ1) is 5.65. The maximum Gasteiger partial charge on any atom is 0.115 e. The number of rotatable bonds is 2. The van der Waals surface area contributed by atoms with Crippen LogP contribution in [0.2, 0.25) is 5.02 Å². The molecule has 0 aliphatic heterocycles. The zero-order valence-electron chi connectivity index (χ0n) is 7.27. The Balaban J connectivity index is 3.03. The lowest BCUT2D eigenvalue weighted by atomic mass is 10.0. The summed E-state index contributed by atoms with van der Waals surface area (Å²) in [6, 6.07) is 5.36. The first-order valence-corrected chi connectivity index (χ1v) is 4.37. The summed E-state index contributed by atoms with van der Waals surface area (Å²) >= 11 is 5.94. The Kier molecular flexibility index (Phi) is 3.10. The minimum Gasteiger partial charge on any atom is -0.246 e. The SMILES string of the molecule is CC(C)c1ccc(CF)cc1Cl. The standard InChI is InChI=1S/C10H12ClF/c1-7(2)9-4-3-8(6-12)5-10(9)11/h3-5,7H,6H2,1-2H3. The molecule has 66 valence electrons. The summed E-state index contributed by atoms with van der Waals surface area (Å²) in [5, 5.41) is 0.667. The Morgan fingerprint density at radius 2 is 2.08 bits per heavy atom. The fourth-order valence-electron chi connectivity index (χ4n) is 1.12. The van der Waals surface area contributed by atoms with Crippen LogP contribution < -0.4 is 0 Å². The van der Waals surface area contributed by atoms with E-state index in [2.05, 4.69) is 13.8 Å². The summed E-state index contributed by atoms with van der Waals surface area (Å²) in [5.41, 5.74) is 1.72. The Hall–Kier alpha value is -0.560. The molecule has 0 nitrogen and oxygen atoms in total. The molecule has 0 atom stereocenters. The van der Waals surface area contributed by atoms with E-state index in [1.54, 1.807) is 12.1 Å². The van der Waals surface area contributed by atoms with Crippen LogP contribution in [-0.4, -0.2) is 0 Å². The third-order valence-electron chi connectivity index (χ3n) is 1.84. The van der Waals surface area contributed by atoms with Gasteiger partial charge in [0.15, 0.2) is 0 Å². The molecule has 0 heterocycles. The van der Waals surface area contributed by atoms with E-state index in [0.29, 0.717) is 16.5 Å². The van der Waals surface area contributed by atoms with E-state index < -0.39 is 6.67 Å². The predicted octanol–water partition coefficient (Wildman–Crippen LogP) is 3.93. The highest BCUT2D eigenvalue weighted by Crippen LogP contribution is 2.25. The summed E-state index contributed by atoms with van der Waals surface area (Å²) in [6.07, 6.45) is 0. The third kappa shape index (κ3) is 1.98. The van der Waals surface area contributed by atoms with E-state index >= 15 is 0 Å². The first kappa shape index (κ1) is 9.53. The summed E-state index contributed by atoms with van der Waals surface area (Å²) in [6.45, 7) is 3.69. The lowest BCUT2D eigenvalue weighted by molar-refractivity contribution is 0.485. The summed E-state index contributed by atoms with van der Waals surface area (Å²) in [7, 11) is 0. The van der Waals surface area contributed by atoms with Gasteiger partial charge in [0.05, 0.1) is 0 Å². The molecule has 0 aromatic heterocycles. The highest BCUT2D eigenvalue weighted by Gasteiger charge is 2.04. The van der Waals surface area contributed by atoms with Crippen molar-refractivity contribution in [1.82, 2.24) is 0 Å². The lowest BCUT2D eigenvalue weighted by Crippen LogP contribution is -1.89. The van der Waals surface area contributed by atoms with Gasteiger partial charge in [0.1, 0.15) is 6.67 Å². The molecule has 0 spiro atoms. The monoisotopic (exact) mass is 186 g/mol. The van der Waals surface area contributed by atoms with Crippen LogP contribution in [0.25, 0.3) is 0 Å². The third-order valence-corrected chi connectivity index (χ3v) is 2.17. The van der Waals surface area contributed by atoms with Crippen LogP contribution in [0.15, 0.2) is 18.2 Å². The zero-order valence-corrected chi connectivity index (χ0v) is 8.03. The first-order valence-electron chi connectivity index (χ1n) is 3.99. The number of benzene rings is 1. The van der Waals surface area contributed by atoms with Gasteiger partial charge in [-0.05, 0) is 23.1 Å². The molecule has 0 saturated heterocycles. The molecule has 1 rings (SSSR count). The van der Waals surface area contributed by atoms with Crippen molar-refractivity contribution in [3.8, 4) is 0 Å². The van der Waals surface area contributed by atoms with Gasteiger partial charge in [-0.3, -0.25) is 0 Å². The van der Waals surface area contributed by atoms with Crippen LogP contribution in [0.3, 0.4) is 0 Å². The van der Waals surface area contributed by atoms with Gasteiger partial charge in [-0.15, -0.1) is 0 Å². The van der Waals surface area contributed by atoms with E-state index in [-0.39, 0.29) is 0 Å². The number of hydrogen-bond acceptors (Lipinski definition) is 0. The van der Waals surface area contributed by atoms with E-state index in [1.807, 2.05) is 6.07 Å². The molecule has 1 aromatic carbocycles. The van der Waals surface area contributed by atoms with Crippen LogP contribution >= 0.6 is 11.6 Å². The molecule has 2 heteroatoms.